The Morgan fingerprint density at radius 3 is 2.55 bits per heavy atom. The van der Waals surface area contributed by atoms with Crippen molar-refractivity contribution in [3.8, 4) is 17.6 Å². The Labute approximate surface area is 125 Å². The summed E-state index contributed by atoms with van der Waals surface area (Å²) < 4.78 is 43.7. The van der Waals surface area contributed by atoms with Crippen LogP contribution in [0.25, 0.3) is 0 Å². The van der Waals surface area contributed by atoms with Gasteiger partial charge in [0.05, 0.1) is 23.8 Å². The molecule has 0 saturated carbocycles. The van der Waals surface area contributed by atoms with Crippen LogP contribution < -0.4 is 4.74 Å². The zero-order chi connectivity index (χ0) is 16.2. The molecule has 2 aromatic carbocycles. The molecule has 0 saturated heterocycles. The fourth-order valence-electron chi connectivity index (χ4n) is 1.94. The van der Waals surface area contributed by atoms with E-state index in [-0.39, 0.29) is 18.1 Å². The molecule has 0 amide bonds. The molecule has 0 heterocycles. The highest BCUT2D eigenvalue weighted by Gasteiger charge is 2.34. The van der Waals surface area contributed by atoms with E-state index >= 15 is 0 Å². The van der Waals surface area contributed by atoms with Crippen molar-refractivity contribution in [3.63, 3.8) is 0 Å². The Morgan fingerprint density at radius 2 is 1.91 bits per heavy atom. The summed E-state index contributed by atoms with van der Waals surface area (Å²) in [6.45, 7) is 0.159. The van der Waals surface area contributed by atoms with Crippen molar-refractivity contribution in [3.05, 3.63) is 59.2 Å². The van der Waals surface area contributed by atoms with Crippen LogP contribution in [-0.4, -0.2) is 11.7 Å². The summed E-state index contributed by atoms with van der Waals surface area (Å²) in [4.78, 5) is 0. The van der Waals surface area contributed by atoms with Crippen molar-refractivity contribution < 1.29 is 23.0 Å². The molecular formula is C16H12F3NO2. The molecule has 0 spiro atoms. The lowest BCUT2D eigenvalue weighted by Gasteiger charge is -2.12. The zero-order valence-corrected chi connectivity index (χ0v) is 11.4. The van der Waals surface area contributed by atoms with Gasteiger partial charge in [-0.2, -0.15) is 18.4 Å². The molecule has 0 aliphatic heterocycles. The SMILES string of the molecule is N#Cc1ccc(OCCc2cccc(O)c2)cc1C(F)(F)F. The molecule has 22 heavy (non-hydrogen) atoms. The van der Waals surface area contributed by atoms with Gasteiger partial charge in [-0.3, -0.25) is 0 Å². The number of nitriles is 1. The number of benzene rings is 2. The number of hydrogen-bond acceptors (Lipinski definition) is 3. The largest absolute Gasteiger partial charge is 0.508 e. The van der Waals surface area contributed by atoms with Gasteiger partial charge < -0.3 is 9.84 Å². The molecule has 0 fully saturated rings. The van der Waals surface area contributed by atoms with Crippen LogP contribution in [0.4, 0.5) is 13.2 Å². The number of ether oxygens (including phenoxy) is 1. The fraction of sp³-hybridized carbons (Fsp3) is 0.188. The van der Waals surface area contributed by atoms with Crippen LogP contribution in [0, 0.1) is 11.3 Å². The van der Waals surface area contributed by atoms with Crippen molar-refractivity contribution in [2.24, 2.45) is 0 Å². The van der Waals surface area contributed by atoms with Gasteiger partial charge in [0.2, 0.25) is 0 Å². The number of aromatic hydroxyl groups is 1. The summed E-state index contributed by atoms with van der Waals surface area (Å²) in [7, 11) is 0. The first-order valence-electron chi connectivity index (χ1n) is 6.42. The number of phenolic OH excluding ortho intramolecular Hbond substituents is 1. The van der Waals surface area contributed by atoms with E-state index < -0.39 is 17.3 Å². The van der Waals surface area contributed by atoms with Gasteiger partial charge in [0.15, 0.2) is 0 Å². The maximum absolute atomic E-state index is 12.8. The molecule has 0 radical (unpaired) electrons. The lowest BCUT2D eigenvalue weighted by molar-refractivity contribution is -0.137. The van der Waals surface area contributed by atoms with Gasteiger partial charge in [0.1, 0.15) is 11.5 Å². The smallest absolute Gasteiger partial charge is 0.417 e. The van der Waals surface area contributed by atoms with Crippen LogP contribution in [0.5, 0.6) is 11.5 Å². The summed E-state index contributed by atoms with van der Waals surface area (Å²) in [6.07, 6.45) is -4.16. The first kappa shape index (κ1) is 15.7. The molecule has 0 aromatic heterocycles. The van der Waals surface area contributed by atoms with Crippen LogP contribution in [-0.2, 0) is 12.6 Å². The Bertz CT molecular complexity index is 705. The summed E-state index contributed by atoms with van der Waals surface area (Å²) in [6, 6.07) is 11.3. The Morgan fingerprint density at radius 1 is 1.14 bits per heavy atom. The van der Waals surface area contributed by atoms with Crippen LogP contribution >= 0.6 is 0 Å². The maximum atomic E-state index is 12.8. The van der Waals surface area contributed by atoms with Gasteiger partial charge in [-0.15, -0.1) is 0 Å². The topological polar surface area (TPSA) is 53.2 Å². The minimum Gasteiger partial charge on any atom is -0.508 e. The quantitative estimate of drug-likeness (QED) is 0.932. The van der Waals surface area contributed by atoms with Gasteiger partial charge in [0.25, 0.3) is 0 Å². The number of nitrogens with zero attached hydrogens (tertiary/aromatic N) is 1. The molecule has 0 aliphatic carbocycles. The maximum Gasteiger partial charge on any atom is 0.417 e. The van der Waals surface area contributed by atoms with Crippen molar-refractivity contribution >= 4 is 0 Å². The molecule has 0 atom stereocenters. The predicted octanol–water partition coefficient (Wildman–Crippen LogP) is 3.90. The van der Waals surface area contributed by atoms with E-state index in [9.17, 15) is 18.3 Å². The lowest BCUT2D eigenvalue weighted by Crippen LogP contribution is -2.09. The number of rotatable bonds is 4. The van der Waals surface area contributed by atoms with Gasteiger partial charge >= 0.3 is 6.18 Å². The average molecular weight is 307 g/mol. The molecule has 0 unspecified atom stereocenters. The number of halogens is 3. The first-order valence-corrected chi connectivity index (χ1v) is 6.42. The van der Waals surface area contributed by atoms with E-state index in [1.165, 1.54) is 18.2 Å². The van der Waals surface area contributed by atoms with Crippen LogP contribution in [0.2, 0.25) is 0 Å². The Balaban J connectivity index is 2.06. The molecule has 2 rings (SSSR count). The molecule has 3 nitrogen and oxygen atoms in total. The first-order chi connectivity index (χ1) is 10.4. The zero-order valence-electron chi connectivity index (χ0n) is 11.4. The Kier molecular flexibility index (Phi) is 4.56. The second-order valence-electron chi connectivity index (χ2n) is 4.59. The fourth-order valence-corrected chi connectivity index (χ4v) is 1.94. The van der Waals surface area contributed by atoms with Crippen molar-refractivity contribution in [1.29, 1.82) is 5.26 Å². The highest BCUT2D eigenvalue weighted by molar-refractivity contribution is 5.44. The minimum atomic E-state index is -4.60. The van der Waals surface area contributed by atoms with E-state index in [1.54, 1.807) is 18.2 Å². The normalized spacial score (nSPS) is 11.0. The van der Waals surface area contributed by atoms with Crippen molar-refractivity contribution in [1.82, 2.24) is 0 Å². The second kappa shape index (κ2) is 6.39. The summed E-state index contributed by atoms with van der Waals surface area (Å²) in [5.74, 6) is 0.168. The van der Waals surface area contributed by atoms with E-state index in [2.05, 4.69) is 0 Å². The standard InChI is InChI=1S/C16H12F3NO2/c17-16(18,19)15-9-14(5-4-12(15)10-20)22-7-6-11-2-1-3-13(21)8-11/h1-5,8-9,21H,6-7H2. The van der Waals surface area contributed by atoms with Gasteiger partial charge in [-0.1, -0.05) is 12.1 Å². The third-order valence-electron chi connectivity index (χ3n) is 2.99. The third-order valence-corrected chi connectivity index (χ3v) is 2.99. The molecule has 0 bridgehead atoms. The van der Waals surface area contributed by atoms with Crippen molar-refractivity contribution in [2.75, 3.05) is 6.61 Å². The molecule has 114 valence electrons. The summed E-state index contributed by atoms with van der Waals surface area (Å²) >= 11 is 0. The summed E-state index contributed by atoms with van der Waals surface area (Å²) in [5, 5.41) is 18.0. The van der Waals surface area contributed by atoms with E-state index in [4.69, 9.17) is 10.00 Å². The highest BCUT2D eigenvalue weighted by Crippen LogP contribution is 2.34. The van der Waals surface area contributed by atoms with E-state index in [1.807, 2.05) is 0 Å². The van der Waals surface area contributed by atoms with Crippen LogP contribution in [0.1, 0.15) is 16.7 Å². The second-order valence-corrected chi connectivity index (χ2v) is 4.59. The van der Waals surface area contributed by atoms with Crippen LogP contribution in [0.3, 0.4) is 0 Å². The number of hydrogen-bond donors (Lipinski definition) is 1. The number of alkyl halides is 3. The average Bonchev–Trinajstić information content (AvgIpc) is 2.46. The highest BCUT2D eigenvalue weighted by atomic mass is 19.4. The number of phenols is 1. The molecule has 2 aromatic rings. The van der Waals surface area contributed by atoms with E-state index in [0.717, 1.165) is 17.7 Å². The summed E-state index contributed by atoms with van der Waals surface area (Å²) in [5.41, 5.74) is -0.637. The van der Waals surface area contributed by atoms with Crippen LogP contribution in [0.15, 0.2) is 42.5 Å². The predicted molar refractivity (Wildman–Crippen MR) is 73.5 cm³/mol. The third kappa shape index (κ3) is 3.92. The lowest BCUT2D eigenvalue weighted by atomic mass is 10.1. The van der Waals surface area contributed by atoms with Gasteiger partial charge in [0, 0.05) is 6.42 Å². The monoisotopic (exact) mass is 307 g/mol. The van der Waals surface area contributed by atoms with Gasteiger partial charge in [-0.05, 0) is 35.9 Å². The Hall–Kier alpha value is -2.68. The van der Waals surface area contributed by atoms with Crippen molar-refractivity contribution in [2.45, 2.75) is 12.6 Å². The molecule has 0 aliphatic rings. The molecule has 1 N–H and O–H groups in total. The van der Waals surface area contributed by atoms with E-state index in [0.29, 0.717) is 6.42 Å². The van der Waals surface area contributed by atoms with Gasteiger partial charge in [-0.25, -0.2) is 0 Å². The molecule has 6 heteroatoms. The molecular weight excluding hydrogens is 295 g/mol. The minimum absolute atomic E-state index is 0.0477.